The highest BCUT2D eigenvalue weighted by molar-refractivity contribution is 7.92. The molecule has 0 saturated carbocycles. The number of sulfonamides is 1. The maximum atomic E-state index is 12.0. The Morgan fingerprint density at radius 3 is 2.58 bits per heavy atom. The minimum absolute atomic E-state index is 0.101. The van der Waals surface area contributed by atoms with Crippen molar-refractivity contribution in [1.29, 1.82) is 0 Å². The normalized spacial score (nSPS) is 11.0. The van der Waals surface area contributed by atoms with Gasteiger partial charge in [-0.1, -0.05) is 11.7 Å². The number of aryl methyl sites for hydroxylation is 1. The Bertz CT molecular complexity index is 674. The molecular formula is C12H12N2O4S. The summed E-state index contributed by atoms with van der Waals surface area (Å²) >= 11 is 0. The molecule has 19 heavy (non-hydrogen) atoms. The zero-order chi connectivity index (χ0) is 13.9. The van der Waals surface area contributed by atoms with Gasteiger partial charge in [0.1, 0.15) is 11.5 Å². The second-order valence-corrected chi connectivity index (χ2v) is 5.37. The number of aromatic nitrogens is 1. The summed E-state index contributed by atoms with van der Waals surface area (Å²) in [6.45, 7) is 5.09. The molecule has 0 spiro atoms. The van der Waals surface area contributed by atoms with Crippen molar-refractivity contribution in [2.45, 2.75) is 11.8 Å². The topological polar surface area (TPSA) is 81.4 Å². The molecule has 0 aliphatic rings. The molecule has 2 aromatic rings. The number of nitrogens with one attached hydrogen (secondary N) is 1. The molecule has 0 radical (unpaired) electrons. The lowest BCUT2D eigenvalue weighted by molar-refractivity contribution is 0.400. The highest BCUT2D eigenvalue weighted by Gasteiger charge is 2.16. The summed E-state index contributed by atoms with van der Waals surface area (Å²) in [4.78, 5) is 0.101. The lowest BCUT2D eigenvalue weighted by Gasteiger charge is -2.05. The summed E-state index contributed by atoms with van der Waals surface area (Å²) in [6.07, 6.45) is 1.26. The second kappa shape index (κ2) is 5.15. The molecule has 1 N–H and O–H groups in total. The third kappa shape index (κ3) is 3.14. The van der Waals surface area contributed by atoms with E-state index in [4.69, 9.17) is 9.26 Å². The number of rotatable bonds is 5. The van der Waals surface area contributed by atoms with Crippen LogP contribution in [0.3, 0.4) is 0 Å². The molecule has 1 heterocycles. The van der Waals surface area contributed by atoms with E-state index in [9.17, 15) is 8.42 Å². The molecule has 0 atom stereocenters. The summed E-state index contributed by atoms with van der Waals surface area (Å²) in [5.41, 5.74) is 0. The van der Waals surface area contributed by atoms with E-state index in [-0.39, 0.29) is 10.7 Å². The van der Waals surface area contributed by atoms with Gasteiger partial charge in [-0.05, 0) is 31.2 Å². The van der Waals surface area contributed by atoms with Crippen LogP contribution in [0.15, 0.2) is 52.6 Å². The van der Waals surface area contributed by atoms with Gasteiger partial charge >= 0.3 is 0 Å². The van der Waals surface area contributed by atoms with Gasteiger partial charge in [0.2, 0.25) is 0 Å². The Morgan fingerprint density at radius 2 is 2.05 bits per heavy atom. The molecular weight excluding hydrogens is 268 g/mol. The summed E-state index contributed by atoms with van der Waals surface area (Å²) in [6, 6.07) is 7.41. The second-order valence-electron chi connectivity index (χ2n) is 3.68. The van der Waals surface area contributed by atoms with Crippen LogP contribution in [0.1, 0.15) is 5.76 Å². The monoisotopic (exact) mass is 280 g/mol. The molecule has 2 rings (SSSR count). The van der Waals surface area contributed by atoms with E-state index in [1.807, 2.05) is 0 Å². The van der Waals surface area contributed by atoms with E-state index in [2.05, 4.69) is 16.5 Å². The maximum absolute atomic E-state index is 12.0. The van der Waals surface area contributed by atoms with Gasteiger partial charge in [-0.3, -0.25) is 4.72 Å². The van der Waals surface area contributed by atoms with Crippen molar-refractivity contribution in [2.24, 2.45) is 0 Å². The first kappa shape index (κ1) is 13.2. The standard InChI is InChI=1S/C12H12N2O4S/c1-3-17-10-4-6-11(7-5-10)19(15,16)14-12-8-9(2)18-13-12/h3-8H,1H2,2H3,(H,13,14). The van der Waals surface area contributed by atoms with Crippen LogP contribution in [0.25, 0.3) is 0 Å². The van der Waals surface area contributed by atoms with Crippen LogP contribution < -0.4 is 9.46 Å². The molecule has 0 unspecified atom stereocenters. The van der Waals surface area contributed by atoms with E-state index in [1.165, 1.54) is 36.6 Å². The van der Waals surface area contributed by atoms with Crippen molar-refractivity contribution < 1.29 is 17.7 Å². The van der Waals surface area contributed by atoms with Gasteiger partial charge in [-0.25, -0.2) is 8.42 Å². The SMILES string of the molecule is C=COc1ccc(S(=O)(=O)Nc2cc(C)on2)cc1. The molecule has 0 fully saturated rings. The smallest absolute Gasteiger partial charge is 0.263 e. The number of anilines is 1. The van der Waals surface area contributed by atoms with E-state index in [1.54, 1.807) is 6.92 Å². The fraction of sp³-hybridized carbons (Fsp3) is 0.0833. The predicted molar refractivity (Wildman–Crippen MR) is 69.3 cm³/mol. The number of ether oxygens (including phenoxy) is 1. The van der Waals surface area contributed by atoms with Crippen molar-refractivity contribution >= 4 is 15.8 Å². The highest BCUT2D eigenvalue weighted by atomic mass is 32.2. The van der Waals surface area contributed by atoms with Crippen LogP contribution in [0.4, 0.5) is 5.82 Å². The first-order chi connectivity index (χ1) is 9.01. The Labute approximate surface area is 110 Å². The molecule has 0 bridgehead atoms. The molecule has 7 heteroatoms. The number of hydrogen-bond donors (Lipinski definition) is 1. The minimum atomic E-state index is -3.69. The average molecular weight is 280 g/mol. The van der Waals surface area contributed by atoms with Gasteiger partial charge in [-0.15, -0.1) is 0 Å². The van der Waals surface area contributed by atoms with E-state index in [0.29, 0.717) is 11.5 Å². The molecule has 100 valence electrons. The molecule has 0 saturated heterocycles. The molecule has 0 aliphatic carbocycles. The molecule has 6 nitrogen and oxygen atoms in total. The van der Waals surface area contributed by atoms with Crippen molar-refractivity contribution in [3.63, 3.8) is 0 Å². The van der Waals surface area contributed by atoms with Crippen molar-refractivity contribution in [2.75, 3.05) is 4.72 Å². The Hall–Kier alpha value is -2.28. The van der Waals surface area contributed by atoms with Crippen molar-refractivity contribution in [1.82, 2.24) is 5.16 Å². The van der Waals surface area contributed by atoms with E-state index in [0.717, 1.165) is 0 Å². The van der Waals surface area contributed by atoms with Gasteiger partial charge in [0.25, 0.3) is 10.0 Å². The van der Waals surface area contributed by atoms with Gasteiger partial charge in [-0.2, -0.15) is 0 Å². The van der Waals surface area contributed by atoms with Crippen LogP contribution in [0.2, 0.25) is 0 Å². The molecule has 0 aliphatic heterocycles. The molecule has 0 amide bonds. The number of hydrogen-bond acceptors (Lipinski definition) is 5. The molecule has 1 aromatic heterocycles. The zero-order valence-electron chi connectivity index (χ0n) is 10.2. The quantitative estimate of drug-likeness (QED) is 0.850. The van der Waals surface area contributed by atoms with Crippen LogP contribution in [0, 0.1) is 6.92 Å². The lowest BCUT2D eigenvalue weighted by atomic mass is 10.3. The van der Waals surface area contributed by atoms with Crippen LogP contribution in [0.5, 0.6) is 5.75 Å². The average Bonchev–Trinajstić information content (AvgIpc) is 2.75. The van der Waals surface area contributed by atoms with Gasteiger partial charge in [0, 0.05) is 6.07 Å². The Kier molecular flexibility index (Phi) is 3.57. The van der Waals surface area contributed by atoms with Gasteiger partial charge in [0.15, 0.2) is 5.82 Å². The minimum Gasteiger partial charge on any atom is -0.466 e. The number of nitrogens with zero attached hydrogens (tertiary/aromatic N) is 1. The van der Waals surface area contributed by atoms with Crippen LogP contribution in [-0.2, 0) is 10.0 Å². The highest BCUT2D eigenvalue weighted by Crippen LogP contribution is 2.19. The zero-order valence-corrected chi connectivity index (χ0v) is 11.0. The third-order valence-electron chi connectivity index (χ3n) is 2.22. The van der Waals surface area contributed by atoms with Gasteiger partial charge < -0.3 is 9.26 Å². The number of benzene rings is 1. The lowest BCUT2D eigenvalue weighted by Crippen LogP contribution is -2.12. The van der Waals surface area contributed by atoms with Crippen LogP contribution >= 0.6 is 0 Å². The van der Waals surface area contributed by atoms with Crippen LogP contribution in [-0.4, -0.2) is 13.6 Å². The maximum Gasteiger partial charge on any atom is 0.263 e. The Morgan fingerprint density at radius 1 is 1.37 bits per heavy atom. The first-order valence-corrected chi connectivity index (χ1v) is 6.83. The summed E-state index contributed by atoms with van der Waals surface area (Å²) in [5.74, 6) is 1.17. The van der Waals surface area contributed by atoms with Crippen molar-refractivity contribution in [3.05, 3.63) is 48.9 Å². The predicted octanol–water partition coefficient (Wildman–Crippen LogP) is 2.31. The summed E-state index contributed by atoms with van der Waals surface area (Å²) in [7, 11) is -3.69. The van der Waals surface area contributed by atoms with Crippen molar-refractivity contribution in [3.8, 4) is 5.75 Å². The fourth-order valence-electron chi connectivity index (χ4n) is 1.40. The van der Waals surface area contributed by atoms with Gasteiger partial charge in [0.05, 0.1) is 11.2 Å². The summed E-state index contributed by atoms with van der Waals surface area (Å²) < 4.78 is 36.2. The largest absolute Gasteiger partial charge is 0.466 e. The third-order valence-corrected chi connectivity index (χ3v) is 3.59. The summed E-state index contributed by atoms with van der Waals surface area (Å²) in [5, 5.41) is 3.57. The van der Waals surface area contributed by atoms with E-state index < -0.39 is 10.0 Å². The fourth-order valence-corrected chi connectivity index (χ4v) is 2.39. The Balaban J connectivity index is 2.21. The molecule has 1 aromatic carbocycles. The van der Waals surface area contributed by atoms with E-state index >= 15 is 0 Å². The first-order valence-electron chi connectivity index (χ1n) is 5.35.